The second-order valence-corrected chi connectivity index (χ2v) is 14.1. The maximum absolute atomic E-state index is 12.6. The first-order valence-corrected chi connectivity index (χ1v) is 20.8. The first-order valence-electron chi connectivity index (χ1n) is 19.3. The van der Waals surface area contributed by atoms with Crippen molar-refractivity contribution in [1.29, 1.82) is 0 Å². The van der Waals surface area contributed by atoms with Crippen LogP contribution in [0.15, 0.2) is 60.8 Å². The molecule has 3 unspecified atom stereocenters. The van der Waals surface area contributed by atoms with Crippen molar-refractivity contribution in [1.82, 2.24) is 0 Å². The lowest BCUT2D eigenvalue weighted by Gasteiger charge is -2.20. The third-order valence-corrected chi connectivity index (χ3v) is 8.73. The van der Waals surface area contributed by atoms with Gasteiger partial charge in [0.1, 0.15) is 12.1 Å². The highest BCUT2D eigenvalue weighted by Gasteiger charge is 2.27. The second-order valence-electron chi connectivity index (χ2n) is 12.7. The van der Waals surface area contributed by atoms with Crippen molar-refractivity contribution in [2.24, 2.45) is 5.73 Å². The van der Waals surface area contributed by atoms with Crippen LogP contribution in [0, 0.1) is 0 Å². The van der Waals surface area contributed by atoms with Crippen LogP contribution >= 0.6 is 7.82 Å². The Morgan fingerprint density at radius 3 is 1.71 bits per heavy atom. The molecule has 0 saturated heterocycles. The van der Waals surface area contributed by atoms with Gasteiger partial charge in [-0.25, -0.2) is 4.57 Å². The van der Waals surface area contributed by atoms with Crippen LogP contribution in [0.2, 0.25) is 0 Å². The molecule has 0 amide bonds. The molecule has 10 nitrogen and oxygen atoms in total. The van der Waals surface area contributed by atoms with Gasteiger partial charge in [-0.3, -0.25) is 18.6 Å². The van der Waals surface area contributed by atoms with Crippen molar-refractivity contribution < 1.29 is 42.7 Å². The van der Waals surface area contributed by atoms with E-state index in [2.05, 4.69) is 79.1 Å². The maximum atomic E-state index is 12.6. The van der Waals surface area contributed by atoms with E-state index >= 15 is 0 Å². The van der Waals surface area contributed by atoms with Crippen LogP contribution in [0.5, 0.6) is 0 Å². The number of phosphoric acid groups is 1. The van der Waals surface area contributed by atoms with Crippen molar-refractivity contribution in [2.45, 2.75) is 154 Å². The molecule has 0 spiro atoms. The standard InChI is InChI=1S/C40H70NO9P/c1-3-5-7-9-11-13-15-17-19-20-22-24-26-28-30-32-39(42)50-37(35-48-51(45,46)49-36-38(41)40(43)44)34-47-33-31-29-27-25-23-21-18-16-14-12-10-8-6-4-2/h6,8,11-14,17-19,21,37-38H,3-5,7,9-10,15-16,20,22-36,41H2,1-2H3,(H,43,44)(H,45,46)/b8-6-,13-11-,14-12-,19-17-,21-18-. The third-order valence-electron chi connectivity index (χ3n) is 7.78. The number of rotatable bonds is 36. The quantitative estimate of drug-likeness (QED) is 0.0245. The van der Waals surface area contributed by atoms with E-state index in [0.717, 1.165) is 89.9 Å². The summed E-state index contributed by atoms with van der Waals surface area (Å²) in [7, 11) is -4.62. The molecule has 0 fully saturated rings. The van der Waals surface area contributed by atoms with Crippen LogP contribution < -0.4 is 5.73 Å². The number of carboxylic acid groups (broad SMARTS) is 1. The largest absolute Gasteiger partial charge is 0.480 e. The van der Waals surface area contributed by atoms with Gasteiger partial charge in [-0.2, -0.15) is 0 Å². The van der Waals surface area contributed by atoms with Gasteiger partial charge in [0, 0.05) is 13.0 Å². The fraction of sp³-hybridized carbons (Fsp3) is 0.700. The number of nitrogens with two attached hydrogens (primary N) is 1. The van der Waals surface area contributed by atoms with Gasteiger partial charge in [0.2, 0.25) is 0 Å². The lowest BCUT2D eigenvalue weighted by molar-refractivity contribution is -0.154. The monoisotopic (exact) mass is 739 g/mol. The number of phosphoric ester groups is 1. The molecule has 51 heavy (non-hydrogen) atoms. The van der Waals surface area contributed by atoms with Gasteiger partial charge in [-0.1, -0.05) is 120 Å². The number of esters is 1. The Bertz CT molecular complexity index is 1040. The Morgan fingerprint density at radius 2 is 1.14 bits per heavy atom. The summed E-state index contributed by atoms with van der Waals surface area (Å²) in [6, 6.07) is -1.48. The molecule has 3 atom stereocenters. The van der Waals surface area contributed by atoms with Gasteiger partial charge in [-0.15, -0.1) is 0 Å². The molecule has 0 aliphatic carbocycles. The van der Waals surface area contributed by atoms with E-state index in [-0.39, 0.29) is 13.0 Å². The van der Waals surface area contributed by atoms with Crippen molar-refractivity contribution in [3.63, 3.8) is 0 Å². The number of ether oxygens (including phenoxy) is 2. The highest BCUT2D eigenvalue weighted by atomic mass is 31.2. The summed E-state index contributed by atoms with van der Waals surface area (Å²) < 4.78 is 33.2. The van der Waals surface area contributed by atoms with E-state index in [4.69, 9.17) is 24.8 Å². The minimum atomic E-state index is -4.62. The summed E-state index contributed by atoms with van der Waals surface area (Å²) in [5.74, 6) is -1.81. The second kappa shape index (κ2) is 36.0. The van der Waals surface area contributed by atoms with Crippen LogP contribution in [0.25, 0.3) is 0 Å². The Balaban J connectivity index is 4.38. The van der Waals surface area contributed by atoms with E-state index < -0.39 is 45.1 Å². The minimum absolute atomic E-state index is 0.00691. The number of hydrogen-bond acceptors (Lipinski definition) is 8. The van der Waals surface area contributed by atoms with E-state index in [1.54, 1.807) is 0 Å². The number of aliphatic carboxylic acids is 1. The predicted molar refractivity (Wildman–Crippen MR) is 207 cm³/mol. The molecule has 0 aliphatic rings. The molecule has 0 bridgehead atoms. The van der Waals surface area contributed by atoms with Crippen LogP contribution in [-0.4, -0.2) is 60.5 Å². The molecule has 0 aromatic heterocycles. The molecular weight excluding hydrogens is 669 g/mol. The molecule has 0 saturated carbocycles. The fourth-order valence-electron chi connectivity index (χ4n) is 4.76. The molecule has 0 aliphatic heterocycles. The van der Waals surface area contributed by atoms with Gasteiger partial charge in [0.05, 0.1) is 19.8 Å². The zero-order chi connectivity index (χ0) is 37.7. The number of carboxylic acids is 1. The average Bonchev–Trinajstić information content (AvgIpc) is 3.10. The summed E-state index contributed by atoms with van der Waals surface area (Å²) in [4.78, 5) is 33.4. The van der Waals surface area contributed by atoms with Gasteiger partial charge in [0.15, 0.2) is 0 Å². The molecule has 294 valence electrons. The minimum Gasteiger partial charge on any atom is -0.480 e. The van der Waals surface area contributed by atoms with Gasteiger partial charge in [-0.05, 0) is 77.0 Å². The summed E-state index contributed by atoms with van der Waals surface area (Å²) in [6.07, 6.45) is 41.3. The van der Waals surface area contributed by atoms with E-state index in [0.29, 0.717) is 13.0 Å². The predicted octanol–water partition coefficient (Wildman–Crippen LogP) is 10.1. The number of allylic oxidation sites excluding steroid dienone is 10. The lowest BCUT2D eigenvalue weighted by atomic mass is 10.1. The lowest BCUT2D eigenvalue weighted by Crippen LogP contribution is -2.34. The SMILES string of the molecule is CC/C=C\C/C=C\C/C=C\CCCCCCOCC(COP(=O)(O)OCC(N)C(=O)O)OC(=O)CCCCCCC/C=C\C/C=C\CCCCC. The van der Waals surface area contributed by atoms with E-state index in [1.165, 1.54) is 25.7 Å². The van der Waals surface area contributed by atoms with Crippen LogP contribution in [0.3, 0.4) is 0 Å². The molecule has 4 N–H and O–H groups in total. The van der Waals surface area contributed by atoms with E-state index in [9.17, 15) is 19.0 Å². The Morgan fingerprint density at radius 1 is 0.647 bits per heavy atom. The number of carbonyl (C=O) groups is 2. The molecule has 0 aromatic carbocycles. The normalized spacial score (nSPS) is 14.7. The van der Waals surface area contributed by atoms with Crippen molar-refractivity contribution in [3.05, 3.63) is 60.8 Å². The number of unbranched alkanes of at least 4 members (excludes halogenated alkanes) is 12. The Kier molecular flexibility index (Phi) is 34.4. The third kappa shape index (κ3) is 35.8. The van der Waals surface area contributed by atoms with Crippen molar-refractivity contribution in [2.75, 3.05) is 26.4 Å². The molecule has 0 heterocycles. The molecule has 0 rings (SSSR count). The Labute approximate surface area is 309 Å². The van der Waals surface area contributed by atoms with E-state index in [1.807, 2.05) is 0 Å². The molecule has 0 aromatic rings. The van der Waals surface area contributed by atoms with Gasteiger partial charge in [0.25, 0.3) is 0 Å². The number of hydrogen-bond donors (Lipinski definition) is 3. The fourth-order valence-corrected chi connectivity index (χ4v) is 5.54. The zero-order valence-corrected chi connectivity index (χ0v) is 32.6. The smallest absolute Gasteiger partial charge is 0.472 e. The topological polar surface area (TPSA) is 155 Å². The van der Waals surface area contributed by atoms with Crippen LogP contribution in [0.1, 0.15) is 142 Å². The first-order chi connectivity index (χ1) is 24.7. The Hall–Kier alpha value is -2.33. The van der Waals surface area contributed by atoms with Gasteiger partial charge >= 0.3 is 19.8 Å². The van der Waals surface area contributed by atoms with Crippen LogP contribution in [0.4, 0.5) is 0 Å². The summed E-state index contributed by atoms with van der Waals surface area (Å²) >= 11 is 0. The molecule has 11 heteroatoms. The average molecular weight is 740 g/mol. The van der Waals surface area contributed by atoms with Gasteiger partial charge < -0.3 is 25.2 Å². The number of carbonyl (C=O) groups excluding carboxylic acids is 1. The molecule has 0 radical (unpaired) electrons. The van der Waals surface area contributed by atoms with Crippen molar-refractivity contribution >= 4 is 19.8 Å². The highest BCUT2D eigenvalue weighted by Crippen LogP contribution is 2.43. The van der Waals surface area contributed by atoms with Crippen molar-refractivity contribution in [3.8, 4) is 0 Å². The molecular formula is C40H70NO9P. The summed E-state index contributed by atoms with van der Waals surface area (Å²) in [6.45, 7) is 3.64. The zero-order valence-electron chi connectivity index (χ0n) is 31.7. The highest BCUT2D eigenvalue weighted by molar-refractivity contribution is 7.47. The summed E-state index contributed by atoms with van der Waals surface area (Å²) in [5.41, 5.74) is 5.34. The maximum Gasteiger partial charge on any atom is 0.472 e. The van der Waals surface area contributed by atoms with Crippen LogP contribution in [-0.2, 0) is 32.7 Å². The summed E-state index contributed by atoms with van der Waals surface area (Å²) in [5, 5.41) is 8.87. The first kappa shape index (κ1) is 48.7.